The molecule has 0 radical (unpaired) electrons. The quantitative estimate of drug-likeness (QED) is 0.176. The minimum absolute atomic E-state index is 0.0662. The highest BCUT2D eigenvalue weighted by atomic mass is 28.3. The van der Waals surface area contributed by atoms with Crippen molar-refractivity contribution in [2.75, 3.05) is 4.90 Å². The van der Waals surface area contributed by atoms with Crippen LogP contribution in [0.5, 0.6) is 11.5 Å². The van der Waals surface area contributed by atoms with E-state index in [-0.39, 0.29) is 6.71 Å². The Morgan fingerprint density at radius 1 is 0.596 bits per heavy atom. The average molecular weight is 634 g/mol. The Morgan fingerprint density at radius 3 is 1.70 bits per heavy atom. The van der Waals surface area contributed by atoms with Gasteiger partial charge in [0.2, 0.25) is 0 Å². The Bertz CT molecular complexity index is 1940. The lowest BCUT2D eigenvalue weighted by Gasteiger charge is -2.42. The minimum atomic E-state index is -1.97. The summed E-state index contributed by atoms with van der Waals surface area (Å²) in [6, 6.07) is 34.7. The first-order valence-corrected chi connectivity index (χ1v) is 20.5. The van der Waals surface area contributed by atoms with Gasteiger partial charge in [0, 0.05) is 11.4 Å². The molecule has 0 saturated carbocycles. The molecule has 0 amide bonds. The minimum Gasteiger partial charge on any atom is -0.456 e. The van der Waals surface area contributed by atoms with Gasteiger partial charge in [-0.05, 0) is 93.9 Å². The van der Waals surface area contributed by atoms with E-state index in [0.717, 1.165) is 17.2 Å². The van der Waals surface area contributed by atoms with Crippen molar-refractivity contribution in [3.05, 3.63) is 119 Å². The molecule has 4 heteroatoms. The van der Waals surface area contributed by atoms with Gasteiger partial charge in [-0.15, -0.1) is 0 Å². The molecule has 5 aromatic rings. The zero-order valence-corrected chi connectivity index (χ0v) is 30.8. The molecule has 2 heterocycles. The SMILES string of the molecule is Cc1ccc2c(c1)[Si](C)(C)c1cc(C)ccc1N2c1cccc2c1Oc1ccccc1B2c1c(C(C)C)cc(C(C)C)cc1C(C)C. The second-order valence-corrected chi connectivity index (χ2v) is 19.7. The second kappa shape index (κ2) is 11.6. The first kappa shape index (κ1) is 31.6. The predicted octanol–water partition coefficient (Wildman–Crippen LogP) is 8.90. The van der Waals surface area contributed by atoms with Crippen LogP contribution in [0, 0.1) is 13.8 Å². The van der Waals surface area contributed by atoms with E-state index in [1.54, 1.807) is 0 Å². The number of hydrogen-bond acceptors (Lipinski definition) is 2. The van der Waals surface area contributed by atoms with E-state index in [1.165, 1.54) is 66.0 Å². The van der Waals surface area contributed by atoms with E-state index in [9.17, 15) is 0 Å². The Balaban J connectivity index is 1.54. The van der Waals surface area contributed by atoms with Crippen molar-refractivity contribution in [1.29, 1.82) is 0 Å². The summed E-state index contributed by atoms with van der Waals surface area (Å²) in [6.45, 7) is 23.6. The molecule has 0 saturated heterocycles. The Morgan fingerprint density at radius 2 is 1.15 bits per heavy atom. The number of hydrogen-bond donors (Lipinski definition) is 0. The second-order valence-electron chi connectivity index (χ2n) is 15.3. The van der Waals surface area contributed by atoms with Crippen molar-refractivity contribution in [1.82, 2.24) is 0 Å². The van der Waals surface area contributed by atoms with Gasteiger partial charge in [0.1, 0.15) is 19.6 Å². The summed E-state index contributed by atoms with van der Waals surface area (Å²) in [6.07, 6.45) is 0. The summed E-state index contributed by atoms with van der Waals surface area (Å²) < 4.78 is 7.08. The maximum Gasteiger partial charge on any atom is 0.251 e. The smallest absolute Gasteiger partial charge is 0.251 e. The third-order valence-corrected chi connectivity index (χ3v) is 14.1. The van der Waals surface area contributed by atoms with Gasteiger partial charge < -0.3 is 9.64 Å². The molecule has 2 aliphatic heterocycles. The summed E-state index contributed by atoms with van der Waals surface area (Å²) in [5.74, 6) is 3.17. The fraction of sp³-hybridized carbons (Fsp3) is 0.302. The molecule has 2 aliphatic rings. The number of nitrogens with zero attached hydrogens (tertiary/aromatic N) is 1. The van der Waals surface area contributed by atoms with Crippen molar-refractivity contribution in [2.45, 2.75) is 86.2 Å². The summed E-state index contributed by atoms with van der Waals surface area (Å²) in [5.41, 5.74) is 14.6. The van der Waals surface area contributed by atoms with Gasteiger partial charge >= 0.3 is 0 Å². The maximum atomic E-state index is 7.08. The van der Waals surface area contributed by atoms with Crippen LogP contribution in [0.4, 0.5) is 17.1 Å². The average Bonchev–Trinajstić information content (AvgIpc) is 3.03. The molecule has 0 atom stereocenters. The standard InChI is InChI=1S/C43H48BNOSi/c1-26(2)31-24-32(27(3)4)42(33(25-31)28(5)6)44-34-14-11-12-17-39(34)46-43-35(44)15-13-16-38(43)45-36-20-18-29(7)22-40(36)47(9,10)41-23-30(8)19-21-37(41)45/h11-28H,1-10H3. The van der Waals surface area contributed by atoms with E-state index in [1.807, 2.05) is 0 Å². The van der Waals surface area contributed by atoms with Crippen LogP contribution in [0.15, 0.2) is 91.0 Å². The molecule has 2 nitrogen and oxygen atoms in total. The Kier molecular flexibility index (Phi) is 7.79. The van der Waals surface area contributed by atoms with Crippen LogP contribution in [0.25, 0.3) is 0 Å². The summed E-state index contributed by atoms with van der Waals surface area (Å²) in [5, 5.41) is 2.96. The van der Waals surface area contributed by atoms with E-state index >= 15 is 0 Å². The first-order chi connectivity index (χ1) is 22.4. The maximum absolute atomic E-state index is 7.08. The topological polar surface area (TPSA) is 12.5 Å². The van der Waals surface area contributed by atoms with Crippen LogP contribution < -0.4 is 36.4 Å². The van der Waals surface area contributed by atoms with Crippen LogP contribution in [-0.2, 0) is 0 Å². The van der Waals surface area contributed by atoms with Crippen LogP contribution in [0.3, 0.4) is 0 Å². The van der Waals surface area contributed by atoms with Gasteiger partial charge in [-0.1, -0.05) is 138 Å². The number of aryl methyl sites for hydroxylation is 2. The van der Waals surface area contributed by atoms with E-state index in [4.69, 9.17) is 4.74 Å². The molecule has 0 aliphatic carbocycles. The van der Waals surface area contributed by atoms with Gasteiger partial charge in [0.25, 0.3) is 6.71 Å². The molecule has 47 heavy (non-hydrogen) atoms. The highest BCUT2D eigenvalue weighted by molar-refractivity contribution is 7.03. The molecule has 0 fully saturated rings. The normalized spacial score (nSPS) is 14.6. The van der Waals surface area contributed by atoms with Crippen molar-refractivity contribution < 1.29 is 4.74 Å². The molecule has 0 N–H and O–H groups in total. The van der Waals surface area contributed by atoms with Crippen molar-refractivity contribution in [3.63, 3.8) is 0 Å². The molecule has 5 aromatic carbocycles. The Labute approximate surface area is 283 Å². The van der Waals surface area contributed by atoms with Gasteiger partial charge in [-0.3, -0.25) is 0 Å². The van der Waals surface area contributed by atoms with E-state index in [2.05, 4.69) is 164 Å². The third-order valence-electron chi connectivity index (χ3n) is 10.6. The van der Waals surface area contributed by atoms with Gasteiger partial charge in [-0.25, -0.2) is 0 Å². The lowest BCUT2D eigenvalue weighted by atomic mass is 9.33. The van der Waals surface area contributed by atoms with Gasteiger partial charge in [0.05, 0.1) is 5.69 Å². The predicted molar refractivity (Wildman–Crippen MR) is 207 cm³/mol. The summed E-state index contributed by atoms with van der Waals surface area (Å²) in [7, 11) is -1.97. The van der Waals surface area contributed by atoms with Crippen LogP contribution in [0.1, 0.15) is 87.1 Å². The number of rotatable bonds is 5. The van der Waals surface area contributed by atoms with Crippen LogP contribution >= 0.6 is 0 Å². The molecule has 7 rings (SSSR count). The number of para-hydroxylation sites is 2. The number of benzene rings is 5. The van der Waals surface area contributed by atoms with Crippen molar-refractivity contribution in [3.8, 4) is 11.5 Å². The monoisotopic (exact) mass is 633 g/mol. The Hall–Kier alpha value is -4.02. The fourth-order valence-electron chi connectivity index (χ4n) is 8.03. The highest BCUT2D eigenvalue weighted by Crippen LogP contribution is 2.44. The molecular formula is C43H48BNOSi. The fourth-order valence-corrected chi connectivity index (χ4v) is 11.2. The van der Waals surface area contributed by atoms with Crippen LogP contribution in [-0.4, -0.2) is 14.8 Å². The number of anilines is 3. The molecule has 0 bridgehead atoms. The molecular weight excluding hydrogens is 585 g/mol. The highest BCUT2D eigenvalue weighted by Gasteiger charge is 2.42. The van der Waals surface area contributed by atoms with Gasteiger partial charge in [0.15, 0.2) is 0 Å². The summed E-state index contributed by atoms with van der Waals surface area (Å²) in [4.78, 5) is 2.50. The van der Waals surface area contributed by atoms with Crippen molar-refractivity contribution >= 4 is 58.6 Å². The molecule has 0 aromatic heterocycles. The first-order valence-electron chi connectivity index (χ1n) is 17.5. The lowest BCUT2D eigenvalue weighted by molar-refractivity contribution is 0.488. The largest absolute Gasteiger partial charge is 0.456 e. The van der Waals surface area contributed by atoms with Crippen molar-refractivity contribution in [2.24, 2.45) is 0 Å². The van der Waals surface area contributed by atoms with E-state index in [0.29, 0.717) is 17.8 Å². The molecule has 0 unspecified atom stereocenters. The number of fused-ring (bicyclic) bond motifs is 4. The van der Waals surface area contributed by atoms with Crippen LogP contribution in [0.2, 0.25) is 13.1 Å². The lowest BCUT2D eigenvalue weighted by Crippen LogP contribution is -2.59. The summed E-state index contributed by atoms with van der Waals surface area (Å²) >= 11 is 0. The molecule has 0 spiro atoms. The zero-order chi connectivity index (χ0) is 33.4. The van der Waals surface area contributed by atoms with E-state index < -0.39 is 8.07 Å². The van der Waals surface area contributed by atoms with Gasteiger partial charge in [-0.2, -0.15) is 0 Å². The zero-order valence-electron chi connectivity index (χ0n) is 29.8. The molecule has 238 valence electrons. The number of ether oxygens (including phenoxy) is 1. The third kappa shape index (κ3) is 5.08.